The molecule has 3 aliphatic carbocycles. The van der Waals surface area contributed by atoms with E-state index in [2.05, 4.69) is 45.0 Å². The minimum atomic E-state index is 0.168. The average molecular weight is 321 g/mol. The molecule has 3 saturated carbocycles. The highest BCUT2D eigenvalue weighted by molar-refractivity contribution is 6.28. The molecule has 0 atom stereocenters. The third-order valence-electron chi connectivity index (χ3n) is 5.36. The zero-order valence-electron chi connectivity index (χ0n) is 12.3. The van der Waals surface area contributed by atoms with Crippen LogP contribution in [0.2, 0.25) is 5.28 Å². The van der Waals surface area contributed by atoms with E-state index in [1.54, 1.807) is 0 Å². The first kappa shape index (κ1) is 13.1. The van der Waals surface area contributed by atoms with Gasteiger partial charge in [-0.3, -0.25) is 0 Å². The maximum atomic E-state index is 9.39. The molecule has 6 rings (SSSR count). The van der Waals surface area contributed by atoms with Gasteiger partial charge in [0.05, 0.1) is 17.5 Å². The van der Waals surface area contributed by atoms with Crippen molar-refractivity contribution in [1.82, 2.24) is 14.5 Å². The molecule has 2 bridgehead atoms. The second-order valence-electron chi connectivity index (χ2n) is 6.65. The molecule has 4 nitrogen and oxygen atoms in total. The highest BCUT2D eigenvalue weighted by atomic mass is 35.5. The van der Waals surface area contributed by atoms with Gasteiger partial charge in [0.15, 0.2) is 0 Å². The van der Waals surface area contributed by atoms with Gasteiger partial charge in [-0.25, -0.2) is 9.97 Å². The van der Waals surface area contributed by atoms with Crippen LogP contribution in [-0.4, -0.2) is 14.5 Å². The van der Waals surface area contributed by atoms with Crippen LogP contribution in [0.25, 0.3) is 22.2 Å². The van der Waals surface area contributed by atoms with Crippen molar-refractivity contribution in [3.05, 3.63) is 47.5 Å². The Labute approximate surface area is 138 Å². The maximum absolute atomic E-state index is 9.39. The summed E-state index contributed by atoms with van der Waals surface area (Å²) >= 11 is 5.98. The minimum absolute atomic E-state index is 0.168. The molecule has 2 heterocycles. The molecule has 0 unspecified atom stereocenters. The summed E-state index contributed by atoms with van der Waals surface area (Å²) in [5, 5.41) is 10.7. The van der Waals surface area contributed by atoms with Gasteiger partial charge in [-0.1, -0.05) is 18.2 Å². The number of fused-ring (bicyclic) bond motifs is 1. The molecule has 3 fully saturated rings. The lowest BCUT2D eigenvalue weighted by Gasteiger charge is -2.62. The van der Waals surface area contributed by atoms with Crippen molar-refractivity contribution in [2.45, 2.75) is 24.8 Å². The van der Waals surface area contributed by atoms with Crippen LogP contribution in [0.3, 0.4) is 0 Å². The van der Waals surface area contributed by atoms with E-state index in [1.807, 2.05) is 6.07 Å². The van der Waals surface area contributed by atoms with Gasteiger partial charge in [-0.15, -0.1) is 0 Å². The van der Waals surface area contributed by atoms with Crippen LogP contribution in [0, 0.1) is 17.2 Å². The summed E-state index contributed by atoms with van der Waals surface area (Å²) in [4.78, 5) is 8.27. The standard InChI is InChI=1S/C18H13ClN4/c19-17-21-9-12(8-20)16(22-17)14-10-23(18-5-11(6-18)7-18)15-4-2-1-3-13(14)15/h1-4,9-11H,5-7H2. The Hall–Kier alpha value is -2.38. The van der Waals surface area contributed by atoms with E-state index in [4.69, 9.17) is 11.6 Å². The zero-order valence-corrected chi connectivity index (χ0v) is 13.1. The summed E-state index contributed by atoms with van der Waals surface area (Å²) < 4.78 is 2.40. The van der Waals surface area contributed by atoms with Gasteiger partial charge >= 0.3 is 0 Å². The lowest BCUT2D eigenvalue weighted by atomic mass is 9.49. The molecule has 3 aromatic rings. The minimum Gasteiger partial charge on any atom is -0.341 e. The van der Waals surface area contributed by atoms with Crippen LogP contribution < -0.4 is 0 Å². The second kappa shape index (κ2) is 4.33. The molecule has 0 aliphatic heterocycles. The topological polar surface area (TPSA) is 54.5 Å². The van der Waals surface area contributed by atoms with Crippen LogP contribution in [0.4, 0.5) is 0 Å². The van der Waals surface area contributed by atoms with Gasteiger partial charge in [0.1, 0.15) is 6.07 Å². The van der Waals surface area contributed by atoms with E-state index >= 15 is 0 Å². The predicted molar refractivity (Wildman–Crippen MR) is 88.0 cm³/mol. The summed E-state index contributed by atoms with van der Waals surface area (Å²) in [5.74, 6) is 0.905. The third-order valence-corrected chi connectivity index (χ3v) is 5.55. The Morgan fingerprint density at radius 3 is 2.74 bits per heavy atom. The molecule has 0 saturated heterocycles. The summed E-state index contributed by atoms with van der Waals surface area (Å²) in [5.41, 5.74) is 3.53. The number of hydrogen-bond acceptors (Lipinski definition) is 3. The second-order valence-corrected chi connectivity index (χ2v) is 6.98. The number of rotatable bonds is 2. The molecular formula is C18H13ClN4. The molecule has 2 aromatic heterocycles. The number of nitriles is 1. The fourth-order valence-electron chi connectivity index (χ4n) is 4.14. The summed E-state index contributed by atoms with van der Waals surface area (Å²) in [6.45, 7) is 0. The Morgan fingerprint density at radius 1 is 1.26 bits per heavy atom. The molecule has 0 N–H and O–H groups in total. The van der Waals surface area contributed by atoms with Crippen LogP contribution in [0.1, 0.15) is 24.8 Å². The molecule has 112 valence electrons. The number of para-hydroxylation sites is 1. The van der Waals surface area contributed by atoms with Gasteiger partial charge in [0.2, 0.25) is 5.28 Å². The first-order valence-electron chi connectivity index (χ1n) is 7.74. The predicted octanol–water partition coefficient (Wildman–Crippen LogP) is 4.13. The van der Waals surface area contributed by atoms with Crippen LogP contribution >= 0.6 is 11.6 Å². The number of benzene rings is 1. The number of halogens is 1. The van der Waals surface area contributed by atoms with E-state index in [0.29, 0.717) is 11.3 Å². The maximum Gasteiger partial charge on any atom is 0.222 e. The fourth-order valence-corrected chi connectivity index (χ4v) is 4.27. The smallest absolute Gasteiger partial charge is 0.222 e. The van der Waals surface area contributed by atoms with Crippen molar-refractivity contribution >= 4 is 22.5 Å². The van der Waals surface area contributed by atoms with Crippen LogP contribution in [-0.2, 0) is 5.54 Å². The number of hydrogen-bond donors (Lipinski definition) is 0. The highest BCUT2D eigenvalue weighted by Gasteiger charge is 2.58. The Bertz CT molecular complexity index is 981. The van der Waals surface area contributed by atoms with E-state index < -0.39 is 0 Å². The Balaban J connectivity index is 1.80. The van der Waals surface area contributed by atoms with Crippen LogP contribution in [0.5, 0.6) is 0 Å². The van der Waals surface area contributed by atoms with Crippen molar-refractivity contribution in [3.8, 4) is 17.3 Å². The largest absolute Gasteiger partial charge is 0.341 e. The summed E-state index contributed by atoms with van der Waals surface area (Å²) in [7, 11) is 0. The van der Waals surface area contributed by atoms with Crippen molar-refractivity contribution in [3.63, 3.8) is 0 Å². The molecule has 23 heavy (non-hydrogen) atoms. The quantitative estimate of drug-likeness (QED) is 0.667. The average Bonchev–Trinajstić information content (AvgIpc) is 2.84. The van der Waals surface area contributed by atoms with Crippen molar-refractivity contribution in [1.29, 1.82) is 5.26 Å². The van der Waals surface area contributed by atoms with E-state index in [-0.39, 0.29) is 10.8 Å². The van der Waals surface area contributed by atoms with Gasteiger partial charge in [-0.05, 0) is 42.8 Å². The first-order valence-corrected chi connectivity index (χ1v) is 8.12. The van der Waals surface area contributed by atoms with Gasteiger partial charge in [0, 0.05) is 28.2 Å². The Morgan fingerprint density at radius 2 is 2.04 bits per heavy atom. The number of nitrogens with zero attached hydrogens (tertiary/aromatic N) is 4. The fraction of sp³-hybridized carbons (Fsp3) is 0.278. The van der Waals surface area contributed by atoms with Gasteiger partial charge < -0.3 is 4.57 Å². The highest BCUT2D eigenvalue weighted by Crippen LogP contribution is 2.63. The van der Waals surface area contributed by atoms with Gasteiger partial charge in [-0.2, -0.15) is 5.26 Å². The summed E-state index contributed by atoms with van der Waals surface area (Å²) in [6, 6.07) is 10.5. The normalized spacial score (nSPS) is 24.8. The third kappa shape index (κ3) is 1.66. The molecule has 1 aromatic carbocycles. The molecule has 0 radical (unpaired) electrons. The van der Waals surface area contributed by atoms with Crippen LogP contribution in [0.15, 0.2) is 36.7 Å². The zero-order chi connectivity index (χ0) is 15.6. The molecule has 0 spiro atoms. The molecular weight excluding hydrogens is 308 g/mol. The number of aromatic nitrogens is 3. The van der Waals surface area contributed by atoms with E-state index in [0.717, 1.165) is 16.9 Å². The first-order chi connectivity index (χ1) is 11.2. The molecule has 0 amide bonds. The lowest BCUT2D eigenvalue weighted by Crippen LogP contribution is -2.58. The van der Waals surface area contributed by atoms with Crippen molar-refractivity contribution in [2.24, 2.45) is 5.92 Å². The van der Waals surface area contributed by atoms with Crippen molar-refractivity contribution in [2.75, 3.05) is 0 Å². The van der Waals surface area contributed by atoms with E-state index in [9.17, 15) is 5.26 Å². The van der Waals surface area contributed by atoms with E-state index in [1.165, 1.54) is 31.0 Å². The lowest BCUT2D eigenvalue weighted by molar-refractivity contribution is -0.0854. The van der Waals surface area contributed by atoms with Gasteiger partial charge in [0.25, 0.3) is 0 Å². The Kier molecular flexibility index (Phi) is 2.47. The molecule has 5 heteroatoms. The monoisotopic (exact) mass is 320 g/mol. The summed E-state index contributed by atoms with van der Waals surface area (Å²) in [6.07, 6.45) is 7.44. The SMILES string of the molecule is N#Cc1cnc(Cl)nc1-c1cn(C23CC(C2)C3)c2ccccc12. The van der Waals surface area contributed by atoms with Crippen molar-refractivity contribution < 1.29 is 0 Å². The molecule has 3 aliphatic rings.